The maximum Gasteiger partial charge on any atom is 0.207 e. The molecule has 3 nitrogen and oxygen atoms in total. The molecular formula is C12H15NO2. The van der Waals surface area contributed by atoms with Crippen molar-refractivity contribution in [1.29, 1.82) is 0 Å². The average molecular weight is 205 g/mol. The van der Waals surface area contributed by atoms with E-state index in [9.17, 15) is 4.79 Å². The van der Waals surface area contributed by atoms with Crippen LogP contribution in [-0.2, 0) is 4.79 Å². The van der Waals surface area contributed by atoms with Crippen LogP contribution in [0.1, 0.15) is 24.3 Å². The number of hydrogen-bond acceptors (Lipinski definition) is 2. The number of amides is 1. The molecule has 0 radical (unpaired) electrons. The van der Waals surface area contributed by atoms with E-state index in [-0.39, 0.29) is 0 Å². The number of ether oxygens (including phenoxy) is 1. The molecule has 1 atom stereocenters. The third-order valence-corrected chi connectivity index (χ3v) is 2.80. The summed E-state index contributed by atoms with van der Waals surface area (Å²) in [6.07, 6.45) is 2.78. The lowest BCUT2D eigenvalue weighted by Crippen LogP contribution is -2.19. The predicted octanol–water partition coefficient (Wildman–Crippen LogP) is 1.69. The van der Waals surface area contributed by atoms with Gasteiger partial charge in [0.1, 0.15) is 5.75 Å². The van der Waals surface area contributed by atoms with Crippen LogP contribution in [0.3, 0.4) is 0 Å². The number of hydrogen-bond donors (Lipinski definition) is 1. The van der Waals surface area contributed by atoms with Gasteiger partial charge in [-0.3, -0.25) is 4.79 Å². The zero-order valence-electron chi connectivity index (χ0n) is 8.61. The molecule has 80 valence electrons. The lowest BCUT2D eigenvalue weighted by molar-refractivity contribution is -0.109. The van der Waals surface area contributed by atoms with Gasteiger partial charge in [0.15, 0.2) is 0 Å². The maximum absolute atomic E-state index is 10.2. The van der Waals surface area contributed by atoms with Crippen molar-refractivity contribution in [3.05, 3.63) is 29.8 Å². The van der Waals surface area contributed by atoms with Gasteiger partial charge in [0.2, 0.25) is 6.41 Å². The SMILES string of the molecule is O=CNCCC1CCOc2ccccc21. The van der Waals surface area contributed by atoms with Gasteiger partial charge in [0.25, 0.3) is 0 Å². The molecular weight excluding hydrogens is 190 g/mol. The number of para-hydroxylation sites is 1. The van der Waals surface area contributed by atoms with Gasteiger partial charge in [-0.15, -0.1) is 0 Å². The summed E-state index contributed by atoms with van der Waals surface area (Å²) in [5, 5.41) is 2.70. The van der Waals surface area contributed by atoms with Gasteiger partial charge >= 0.3 is 0 Å². The van der Waals surface area contributed by atoms with E-state index in [1.165, 1.54) is 5.56 Å². The first-order valence-electron chi connectivity index (χ1n) is 5.30. The number of benzene rings is 1. The Morgan fingerprint density at radius 2 is 2.33 bits per heavy atom. The van der Waals surface area contributed by atoms with Crippen molar-refractivity contribution < 1.29 is 9.53 Å². The van der Waals surface area contributed by atoms with Crippen LogP contribution in [0.15, 0.2) is 24.3 Å². The number of nitrogens with one attached hydrogen (secondary N) is 1. The van der Waals surface area contributed by atoms with Crippen LogP contribution in [0.25, 0.3) is 0 Å². The highest BCUT2D eigenvalue weighted by Crippen LogP contribution is 2.34. The van der Waals surface area contributed by atoms with Crippen molar-refractivity contribution in [2.24, 2.45) is 0 Å². The second kappa shape index (κ2) is 4.82. The number of fused-ring (bicyclic) bond motifs is 1. The fraction of sp³-hybridized carbons (Fsp3) is 0.417. The lowest BCUT2D eigenvalue weighted by Gasteiger charge is -2.25. The molecule has 1 aliphatic heterocycles. The highest BCUT2D eigenvalue weighted by molar-refractivity contribution is 5.45. The number of rotatable bonds is 4. The van der Waals surface area contributed by atoms with Crippen molar-refractivity contribution in [3.63, 3.8) is 0 Å². The monoisotopic (exact) mass is 205 g/mol. The van der Waals surface area contributed by atoms with Crippen molar-refractivity contribution in [1.82, 2.24) is 5.32 Å². The zero-order valence-corrected chi connectivity index (χ0v) is 8.61. The molecule has 3 heteroatoms. The molecule has 0 fully saturated rings. The Kier molecular flexibility index (Phi) is 3.22. The molecule has 1 aliphatic rings. The van der Waals surface area contributed by atoms with Crippen LogP contribution in [0.2, 0.25) is 0 Å². The van der Waals surface area contributed by atoms with Crippen LogP contribution < -0.4 is 10.1 Å². The van der Waals surface area contributed by atoms with Gasteiger partial charge in [-0.2, -0.15) is 0 Å². The molecule has 0 aromatic heterocycles. The third-order valence-electron chi connectivity index (χ3n) is 2.80. The summed E-state index contributed by atoms with van der Waals surface area (Å²) in [6.45, 7) is 1.52. The Morgan fingerprint density at radius 3 is 3.20 bits per heavy atom. The Bertz CT molecular complexity index is 338. The van der Waals surface area contributed by atoms with Gasteiger partial charge < -0.3 is 10.1 Å². The fourth-order valence-corrected chi connectivity index (χ4v) is 2.03. The second-order valence-electron chi connectivity index (χ2n) is 3.73. The minimum absolute atomic E-state index is 0.516. The molecule has 2 rings (SSSR count). The molecule has 1 aromatic carbocycles. The smallest absolute Gasteiger partial charge is 0.207 e. The van der Waals surface area contributed by atoms with Gasteiger partial charge in [0, 0.05) is 6.54 Å². The molecule has 1 heterocycles. The van der Waals surface area contributed by atoms with Gasteiger partial charge in [0.05, 0.1) is 6.61 Å². The summed E-state index contributed by atoms with van der Waals surface area (Å²) in [4.78, 5) is 10.2. The fourth-order valence-electron chi connectivity index (χ4n) is 2.03. The van der Waals surface area contributed by atoms with Crippen LogP contribution in [0, 0.1) is 0 Å². The summed E-state index contributed by atoms with van der Waals surface area (Å²) in [5.74, 6) is 1.52. The van der Waals surface area contributed by atoms with Gasteiger partial charge in [-0.1, -0.05) is 18.2 Å². The topological polar surface area (TPSA) is 38.3 Å². The van der Waals surface area contributed by atoms with Gasteiger partial charge in [-0.05, 0) is 30.4 Å². The molecule has 0 saturated carbocycles. The number of carbonyl (C=O) groups is 1. The summed E-state index contributed by atoms with van der Waals surface area (Å²) in [7, 11) is 0. The maximum atomic E-state index is 10.2. The summed E-state index contributed by atoms with van der Waals surface area (Å²) >= 11 is 0. The Morgan fingerprint density at radius 1 is 1.47 bits per heavy atom. The molecule has 1 amide bonds. The highest BCUT2D eigenvalue weighted by Gasteiger charge is 2.20. The van der Waals surface area contributed by atoms with Crippen LogP contribution in [-0.4, -0.2) is 19.6 Å². The molecule has 1 N–H and O–H groups in total. The van der Waals surface area contributed by atoms with Crippen LogP contribution >= 0.6 is 0 Å². The van der Waals surface area contributed by atoms with Crippen molar-refractivity contribution in [3.8, 4) is 5.75 Å². The van der Waals surface area contributed by atoms with E-state index in [1.807, 2.05) is 18.2 Å². The van der Waals surface area contributed by atoms with E-state index in [0.717, 1.165) is 38.2 Å². The largest absolute Gasteiger partial charge is 0.493 e. The highest BCUT2D eigenvalue weighted by atomic mass is 16.5. The van der Waals surface area contributed by atoms with E-state index in [2.05, 4.69) is 11.4 Å². The summed E-state index contributed by atoms with van der Waals surface area (Å²) < 4.78 is 5.57. The summed E-state index contributed by atoms with van der Waals surface area (Å²) in [6, 6.07) is 8.15. The first-order valence-corrected chi connectivity index (χ1v) is 5.30. The van der Waals surface area contributed by atoms with Crippen LogP contribution in [0.4, 0.5) is 0 Å². The molecule has 0 aliphatic carbocycles. The molecule has 0 spiro atoms. The van der Waals surface area contributed by atoms with Crippen molar-refractivity contribution in [2.75, 3.05) is 13.2 Å². The Hall–Kier alpha value is -1.51. The third kappa shape index (κ3) is 2.29. The quantitative estimate of drug-likeness (QED) is 0.600. The molecule has 15 heavy (non-hydrogen) atoms. The van der Waals surface area contributed by atoms with Crippen LogP contribution in [0.5, 0.6) is 5.75 Å². The van der Waals surface area contributed by atoms with E-state index in [1.54, 1.807) is 0 Å². The van der Waals surface area contributed by atoms with Crippen molar-refractivity contribution in [2.45, 2.75) is 18.8 Å². The van der Waals surface area contributed by atoms with E-state index in [4.69, 9.17) is 4.74 Å². The molecule has 0 bridgehead atoms. The van der Waals surface area contributed by atoms with Crippen molar-refractivity contribution >= 4 is 6.41 Å². The minimum atomic E-state index is 0.516. The first-order chi connectivity index (χ1) is 7.42. The first kappa shape index (κ1) is 10.0. The standard InChI is InChI=1S/C12H15NO2/c14-9-13-7-5-10-6-8-15-12-4-2-1-3-11(10)12/h1-4,9-10H,5-8H2,(H,13,14). The molecule has 1 aromatic rings. The van der Waals surface area contributed by atoms with E-state index >= 15 is 0 Å². The predicted molar refractivity (Wildman–Crippen MR) is 58.0 cm³/mol. The second-order valence-corrected chi connectivity index (χ2v) is 3.73. The summed E-state index contributed by atoms with van der Waals surface area (Å²) in [5.41, 5.74) is 1.27. The molecule has 0 saturated heterocycles. The average Bonchev–Trinajstić information content (AvgIpc) is 2.30. The normalized spacial score (nSPS) is 18.8. The molecule has 1 unspecified atom stereocenters. The minimum Gasteiger partial charge on any atom is -0.493 e. The lowest BCUT2D eigenvalue weighted by atomic mass is 9.90. The van der Waals surface area contributed by atoms with E-state index in [0.29, 0.717) is 5.92 Å². The zero-order chi connectivity index (χ0) is 10.5. The number of carbonyl (C=O) groups excluding carboxylic acids is 1. The van der Waals surface area contributed by atoms with E-state index < -0.39 is 0 Å². The Labute approximate surface area is 89.4 Å². The Balaban J connectivity index is 2.05. The van der Waals surface area contributed by atoms with Gasteiger partial charge in [-0.25, -0.2) is 0 Å².